The van der Waals surface area contributed by atoms with E-state index in [1.54, 1.807) is 0 Å². The van der Waals surface area contributed by atoms with Crippen molar-refractivity contribution in [3.63, 3.8) is 0 Å². The fourth-order valence-corrected chi connectivity index (χ4v) is 1.06. The monoisotopic (exact) mass is 207 g/mol. The number of rotatable bonds is 2. The van der Waals surface area contributed by atoms with E-state index in [9.17, 15) is 18.4 Å². The van der Waals surface area contributed by atoms with Gasteiger partial charge in [0.05, 0.1) is 5.56 Å². The second-order valence-corrected chi connectivity index (χ2v) is 2.64. The van der Waals surface area contributed by atoms with Crippen molar-refractivity contribution in [3.05, 3.63) is 32.7 Å². The first kappa shape index (κ1) is 9.85. The summed E-state index contributed by atoms with van der Waals surface area (Å²) in [6, 6.07) is 0.858. The molecule has 3 nitrogen and oxygen atoms in total. The van der Waals surface area contributed by atoms with Gasteiger partial charge in [0, 0.05) is 5.56 Å². The van der Waals surface area contributed by atoms with Crippen LogP contribution in [0.1, 0.15) is 22.3 Å². The molecule has 0 spiro atoms. The summed E-state index contributed by atoms with van der Waals surface area (Å²) in [6.45, 7) is 0. The maximum absolute atomic E-state index is 12.2. The van der Waals surface area contributed by atoms with Crippen LogP contribution in [0.3, 0.4) is 0 Å². The normalized spacial score (nSPS) is 10.5. The van der Waals surface area contributed by atoms with E-state index in [2.05, 4.69) is 0 Å². The first-order valence-electron chi connectivity index (χ1n) is 3.22. The summed E-state index contributed by atoms with van der Waals surface area (Å²) in [5.74, 6) is 0. The lowest BCUT2D eigenvalue weighted by atomic mass is 10.1. The number of carbonyl (C=O) groups is 1. The smallest absolute Gasteiger partial charge is 0.264 e. The van der Waals surface area contributed by atoms with Crippen LogP contribution >= 0.6 is 11.6 Å². The van der Waals surface area contributed by atoms with E-state index >= 15 is 0 Å². The molecule has 70 valence electrons. The van der Waals surface area contributed by atoms with Gasteiger partial charge in [-0.1, -0.05) is 11.6 Å². The molecule has 0 radical (unpaired) electrons. The Bertz CT molecular complexity index is 389. The fraction of sp³-hybridized carbons (Fsp3) is 0.143. The molecule has 0 bridgehead atoms. The SMILES string of the molecule is O=Cc1c(C(F)F)cc(Cl)[nH]c1=O. The lowest BCUT2D eigenvalue weighted by Gasteiger charge is -2.02. The van der Waals surface area contributed by atoms with E-state index in [1.807, 2.05) is 4.98 Å². The Morgan fingerprint density at radius 1 is 1.54 bits per heavy atom. The molecule has 1 N–H and O–H groups in total. The number of aldehydes is 1. The Balaban J connectivity index is 3.47. The average molecular weight is 208 g/mol. The highest BCUT2D eigenvalue weighted by Gasteiger charge is 2.16. The van der Waals surface area contributed by atoms with Crippen molar-refractivity contribution >= 4 is 17.9 Å². The van der Waals surface area contributed by atoms with Crippen molar-refractivity contribution in [2.75, 3.05) is 0 Å². The maximum Gasteiger partial charge on any atom is 0.264 e. The van der Waals surface area contributed by atoms with Crippen molar-refractivity contribution in [2.45, 2.75) is 6.43 Å². The number of hydrogen-bond donors (Lipinski definition) is 1. The molecule has 1 aromatic rings. The number of H-pyrrole nitrogens is 1. The third-order valence-electron chi connectivity index (χ3n) is 1.42. The molecule has 0 aliphatic heterocycles. The van der Waals surface area contributed by atoms with Gasteiger partial charge in [-0.25, -0.2) is 8.78 Å². The molecule has 1 heterocycles. The molecule has 1 rings (SSSR count). The van der Waals surface area contributed by atoms with Gasteiger partial charge in [-0.3, -0.25) is 9.59 Å². The van der Waals surface area contributed by atoms with Gasteiger partial charge in [-0.2, -0.15) is 0 Å². The van der Waals surface area contributed by atoms with Crippen molar-refractivity contribution in [2.24, 2.45) is 0 Å². The van der Waals surface area contributed by atoms with E-state index in [0.29, 0.717) is 0 Å². The van der Waals surface area contributed by atoms with E-state index in [-0.39, 0.29) is 11.4 Å². The molecule has 0 aliphatic rings. The van der Waals surface area contributed by atoms with Crippen molar-refractivity contribution in [1.29, 1.82) is 0 Å². The topological polar surface area (TPSA) is 49.9 Å². The number of aromatic amines is 1. The molecule has 13 heavy (non-hydrogen) atoms. The zero-order valence-electron chi connectivity index (χ0n) is 6.18. The quantitative estimate of drug-likeness (QED) is 0.594. The minimum atomic E-state index is -2.89. The lowest BCUT2D eigenvalue weighted by molar-refractivity contribution is 0.110. The lowest BCUT2D eigenvalue weighted by Crippen LogP contribution is -2.15. The fourth-order valence-electron chi connectivity index (χ4n) is 0.859. The summed E-state index contributed by atoms with van der Waals surface area (Å²) < 4.78 is 24.4. The van der Waals surface area contributed by atoms with E-state index in [4.69, 9.17) is 11.6 Å². The summed E-state index contributed by atoms with van der Waals surface area (Å²) in [5, 5.41) is -0.217. The molecule has 0 aromatic carbocycles. The summed E-state index contributed by atoms with van der Waals surface area (Å²) in [6.07, 6.45) is -2.81. The van der Waals surface area contributed by atoms with Crippen LogP contribution in [0, 0.1) is 0 Å². The highest BCUT2D eigenvalue weighted by molar-refractivity contribution is 6.29. The Kier molecular flexibility index (Phi) is 2.77. The minimum Gasteiger partial charge on any atom is -0.312 e. The number of nitrogens with one attached hydrogen (secondary N) is 1. The third-order valence-corrected chi connectivity index (χ3v) is 1.63. The molecule has 0 saturated heterocycles. The van der Waals surface area contributed by atoms with Gasteiger partial charge in [0.25, 0.3) is 12.0 Å². The number of pyridine rings is 1. The van der Waals surface area contributed by atoms with Crippen LogP contribution in [-0.2, 0) is 0 Å². The number of halogens is 3. The van der Waals surface area contributed by atoms with Crippen LogP contribution in [0.4, 0.5) is 8.78 Å². The van der Waals surface area contributed by atoms with Gasteiger partial charge in [0.2, 0.25) is 0 Å². The molecular formula is C7H4ClF2NO2. The minimum absolute atomic E-state index is 0.0800. The average Bonchev–Trinajstić information content (AvgIpc) is 2.02. The predicted octanol–water partition coefficient (Wildman–Crippen LogP) is 1.78. The molecule has 6 heteroatoms. The van der Waals surface area contributed by atoms with Crippen molar-refractivity contribution in [1.82, 2.24) is 4.98 Å². The highest BCUT2D eigenvalue weighted by atomic mass is 35.5. The Morgan fingerprint density at radius 3 is 2.62 bits per heavy atom. The summed E-state index contributed by atoms with van der Waals surface area (Å²) in [7, 11) is 0. The number of hydrogen-bond acceptors (Lipinski definition) is 2. The molecule has 0 saturated carbocycles. The molecule has 0 fully saturated rings. The van der Waals surface area contributed by atoms with Crippen LogP contribution in [0.2, 0.25) is 5.15 Å². The van der Waals surface area contributed by atoms with Gasteiger partial charge in [0.15, 0.2) is 6.29 Å². The maximum atomic E-state index is 12.2. The molecular weight excluding hydrogens is 204 g/mol. The Hall–Kier alpha value is -1.23. The Morgan fingerprint density at radius 2 is 2.15 bits per heavy atom. The summed E-state index contributed by atoms with van der Waals surface area (Å²) in [4.78, 5) is 23.2. The number of alkyl halides is 2. The van der Waals surface area contributed by atoms with Crippen LogP contribution in [-0.4, -0.2) is 11.3 Å². The van der Waals surface area contributed by atoms with E-state index in [0.717, 1.165) is 6.07 Å². The zero-order valence-corrected chi connectivity index (χ0v) is 6.94. The van der Waals surface area contributed by atoms with Gasteiger partial charge in [-0.15, -0.1) is 0 Å². The standard InChI is InChI=1S/C7H4ClF2NO2/c8-5-1-3(6(9)10)4(2-12)7(13)11-5/h1-2,6H,(H,11,13). The largest absolute Gasteiger partial charge is 0.312 e. The summed E-state index contributed by atoms with van der Waals surface area (Å²) >= 11 is 5.32. The Labute approximate surface area is 76.3 Å². The van der Waals surface area contributed by atoms with Gasteiger partial charge < -0.3 is 4.98 Å². The second kappa shape index (κ2) is 3.66. The molecule has 1 aromatic heterocycles. The zero-order chi connectivity index (χ0) is 10.0. The van der Waals surface area contributed by atoms with Crippen molar-refractivity contribution < 1.29 is 13.6 Å². The van der Waals surface area contributed by atoms with Crippen LogP contribution in [0.15, 0.2) is 10.9 Å². The van der Waals surface area contributed by atoms with Crippen LogP contribution in [0.5, 0.6) is 0 Å². The van der Waals surface area contributed by atoms with Crippen molar-refractivity contribution in [3.8, 4) is 0 Å². The van der Waals surface area contributed by atoms with E-state index in [1.165, 1.54) is 0 Å². The first-order valence-corrected chi connectivity index (χ1v) is 3.60. The number of carbonyl (C=O) groups excluding carboxylic acids is 1. The summed E-state index contributed by atoms with van der Waals surface area (Å²) in [5.41, 5.74) is -2.14. The first-order chi connectivity index (χ1) is 6.06. The van der Waals surface area contributed by atoms with Gasteiger partial charge in [-0.05, 0) is 6.07 Å². The molecule has 0 aliphatic carbocycles. The highest BCUT2D eigenvalue weighted by Crippen LogP contribution is 2.21. The predicted molar refractivity (Wildman–Crippen MR) is 42.4 cm³/mol. The molecule has 0 atom stereocenters. The second-order valence-electron chi connectivity index (χ2n) is 2.23. The third kappa shape index (κ3) is 1.92. The number of aromatic nitrogens is 1. The van der Waals surface area contributed by atoms with Crippen LogP contribution in [0.25, 0.3) is 0 Å². The molecule has 0 amide bonds. The van der Waals surface area contributed by atoms with E-state index < -0.39 is 23.1 Å². The van der Waals surface area contributed by atoms with Gasteiger partial charge >= 0.3 is 0 Å². The van der Waals surface area contributed by atoms with Crippen LogP contribution < -0.4 is 5.56 Å². The van der Waals surface area contributed by atoms with Gasteiger partial charge in [0.1, 0.15) is 5.15 Å². The molecule has 0 unspecified atom stereocenters.